The van der Waals surface area contributed by atoms with Crippen molar-refractivity contribution in [2.45, 2.75) is 13.3 Å². The van der Waals surface area contributed by atoms with Crippen LogP contribution in [0.25, 0.3) is 0 Å². The van der Waals surface area contributed by atoms with Gasteiger partial charge in [-0.3, -0.25) is 4.79 Å². The van der Waals surface area contributed by atoms with Gasteiger partial charge in [0, 0.05) is 21.9 Å². The third-order valence-corrected chi connectivity index (χ3v) is 3.74. The van der Waals surface area contributed by atoms with E-state index in [0.29, 0.717) is 22.1 Å². The topological polar surface area (TPSA) is 54.0 Å². The minimum Gasteiger partial charge on any atom is -0.370 e. The molecule has 1 amide bonds. The fourth-order valence-corrected chi connectivity index (χ4v) is 2.61. The third-order valence-electron chi connectivity index (χ3n) is 2.76. The highest BCUT2D eigenvalue weighted by atomic mass is 127. The molecule has 0 fully saturated rings. The number of carbonyl (C=O) groups is 1. The molecule has 1 aromatic carbocycles. The molecule has 1 heterocycles. The quantitative estimate of drug-likeness (QED) is 0.711. The van der Waals surface area contributed by atoms with Gasteiger partial charge in [0.2, 0.25) is 0 Å². The minimum atomic E-state index is -0.208. The van der Waals surface area contributed by atoms with Crippen LogP contribution in [0.2, 0.25) is 5.02 Å². The Bertz CT molecular complexity index is 649. The first-order chi connectivity index (χ1) is 10.1. The van der Waals surface area contributed by atoms with Crippen molar-refractivity contribution < 1.29 is 4.79 Å². The van der Waals surface area contributed by atoms with Gasteiger partial charge in [-0.15, -0.1) is 0 Å². The van der Waals surface area contributed by atoms with E-state index >= 15 is 0 Å². The molecule has 0 atom stereocenters. The highest BCUT2D eigenvalue weighted by Crippen LogP contribution is 2.24. The summed E-state index contributed by atoms with van der Waals surface area (Å²) in [5, 5.41) is 6.48. The molecule has 0 aliphatic heterocycles. The average Bonchev–Trinajstić information content (AvgIpc) is 2.48. The second-order valence-electron chi connectivity index (χ2n) is 4.43. The van der Waals surface area contributed by atoms with E-state index in [1.165, 1.54) is 0 Å². The number of halogens is 2. The average molecular weight is 416 g/mol. The summed E-state index contributed by atoms with van der Waals surface area (Å²) in [7, 11) is 0. The molecule has 21 heavy (non-hydrogen) atoms. The fraction of sp³-hybridized carbons (Fsp3) is 0.200. The van der Waals surface area contributed by atoms with Crippen molar-refractivity contribution in [3.8, 4) is 0 Å². The highest BCUT2D eigenvalue weighted by molar-refractivity contribution is 14.1. The Morgan fingerprint density at radius 3 is 2.86 bits per heavy atom. The number of pyridine rings is 1. The van der Waals surface area contributed by atoms with Crippen molar-refractivity contribution in [1.29, 1.82) is 0 Å². The van der Waals surface area contributed by atoms with Gasteiger partial charge in [0.1, 0.15) is 5.82 Å². The molecule has 1 aromatic heterocycles. The van der Waals surface area contributed by atoms with E-state index in [2.05, 4.69) is 45.1 Å². The van der Waals surface area contributed by atoms with Crippen LogP contribution < -0.4 is 10.6 Å². The molecular formula is C15H15ClIN3O. The molecule has 0 aliphatic rings. The molecule has 0 spiro atoms. The molecule has 2 N–H and O–H groups in total. The van der Waals surface area contributed by atoms with E-state index in [9.17, 15) is 4.79 Å². The lowest BCUT2D eigenvalue weighted by Crippen LogP contribution is -2.13. The summed E-state index contributed by atoms with van der Waals surface area (Å²) in [5.41, 5.74) is 1.14. The predicted octanol–water partition coefficient (Wildman–Crippen LogP) is 4.41. The lowest BCUT2D eigenvalue weighted by molar-refractivity contribution is 0.102. The molecule has 2 rings (SSSR count). The number of nitrogens with zero attached hydrogens (tertiary/aromatic N) is 1. The number of nitrogens with one attached hydrogen (secondary N) is 2. The lowest BCUT2D eigenvalue weighted by Gasteiger charge is -2.09. The van der Waals surface area contributed by atoms with E-state index < -0.39 is 0 Å². The Morgan fingerprint density at radius 2 is 2.14 bits per heavy atom. The summed E-state index contributed by atoms with van der Waals surface area (Å²) in [6, 6.07) is 8.89. The Kier molecular flexibility index (Phi) is 5.81. The Balaban J connectivity index is 2.12. The van der Waals surface area contributed by atoms with Gasteiger partial charge in [0.15, 0.2) is 0 Å². The summed E-state index contributed by atoms with van der Waals surface area (Å²) in [5.74, 6) is 0.485. The largest absolute Gasteiger partial charge is 0.370 e. The normalized spacial score (nSPS) is 10.2. The zero-order chi connectivity index (χ0) is 15.2. The maximum absolute atomic E-state index is 12.3. The zero-order valence-electron chi connectivity index (χ0n) is 11.5. The van der Waals surface area contributed by atoms with E-state index in [4.69, 9.17) is 11.6 Å². The molecule has 0 radical (unpaired) electrons. The first-order valence-electron chi connectivity index (χ1n) is 6.56. The van der Waals surface area contributed by atoms with Crippen molar-refractivity contribution in [2.24, 2.45) is 0 Å². The minimum absolute atomic E-state index is 0.208. The second kappa shape index (κ2) is 7.61. The molecule has 0 bridgehead atoms. The van der Waals surface area contributed by atoms with Crippen LogP contribution in [-0.2, 0) is 0 Å². The van der Waals surface area contributed by atoms with Crippen LogP contribution in [0.3, 0.4) is 0 Å². The number of hydrogen-bond acceptors (Lipinski definition) is 3. The summed E-state index contributed by atoms with van der Waals surface area (Å²) >= 11 is 8.29. The van der Waals surface area contributed by atoms with Crippen LogP contribution in [-0.4, -0.2) is 17.4 Å². The molecule has 0 saturated carbocycles. The smallest absolute Gasteiger partial charge is 0.255 e. The first-order valence-corrected chi connectivity index (χ1v) is 8.02. The number of carbonyl (C=O) groups excluding carboxylic acids is 1. The molecule has 6 heteroatoms. The number of aromatic nitrogens is 1. The van der Waals surface area contributed by atoms with Crippen LogP contribution in [0.5, 0.6) is 0 Å². The predicted molar refractivity (Wildman–Crippen MR) is 95.1 cm³/mol. The van der Waals surface area contributed by atoms with Gasteiger partial charge >= 0.3 is 0 Å². The molecular weight excluding hydrogens is 401 g/mol. The van der Waals surface area contributed by atoms with Crippen molar-refractivity contribution in [1.82, 2.24) is 4.98 Å². The molecule has 0 unspecified atom stereocenters. The van der Waals surface area contributed by atoms with Crippen molar-refractivity contribution >= 4 is 51.6 Å². The summed E-state index contributed by atoms with van der Waals surface area (Å²) in [6.07, 6.45) is 2.61. The van der Waals surface area contributed by atoms with E-state index in [1.54, 1.807) is 30.5 Å². The summed E-state index contributed by atoms with van der Waals surface area (Å²) < 4.78 is 1.02. The lowest BCUT2D eigenvalue weighted by atomic mass is 10.2. The number of rotatable bonds is 5. The maximum Gasteiger partial charge on any atom is 0.255 e. The Labute approximate surface area is 142 Å². The van der Waals surface area contributed by atoms with Crippen LogP contribution in [0.1, 0.15) is 23.7 Å². The third kappa shape index (κ3) is 4.57. The summed E-state index contributed by atoms with van der Waals surface area (Å²) in [4.78, 5) is 16.4. The molecule has 0 saturated heterocycles. The number of benzene rings is 1. The number of amides is 1. The van der Waals surface area contributed by atoms with E-state index in [1.807, 2.05) is 6.07 Å². The van der Waals surface area contributed by atoms with Gasteiger partial charge in [0.25, 0.3) is 5.91 Å². The van der Waals surface area contributed by atoms with Crippen LogP contribution in [0, 0.1) is 3.57 Å². The number of hydrogen-bond donors (Lipinski definition) is 2. The Morgan fingerprint density at radius 1 is 1.33 bits per heavy atom. The van der Waals surface area contributed by atoms with Crippen molar-refractivity contribution in [3.63, 3.8) is 0 Å². The number of anilines is 2. The van der Waals surface area contributed by atoms with E-state index in [-0.39, 0.29) is 5.91 Å². The molecule has 2 aromatic rings. The van der Waals surface area contributed by atoms with Crippen LogP contribution >= 0.6 is 34.2 Å². The zero-order valence-corrected chi connectivity index (χ0v) is 14.4. The monoisotopic (exact) mass is 415 g/mol. The molecule has 4 nitrogen and oxygen atoms in total. The van der Waals surface area contributed by atoms with Crippen LogP contribution in [0.4, 0.5) is 11.5 Å². The fourth-order valence-electron chi connectivity index (χ4n) is 1.71. The van der Waals surface area contributed by atoms with Crippen molar-refractivity contribution in [3.05, 3.63) is 50.7 Å². The Hall–Kier alpha value is -1.34. The van der Waals surface area contributed by atoms with Crippen molar-refractivity contribution in [2.75, 3.05) is 17.2 Å². The van der Waals surface area contributed by atoms with Gasteiger partial charge in [-0.05, 0) is 59.3 Å². The van der Waals surface area contributed by atoms with Gasteiger partial charge in [-0.25, -0.2) is 4.98 Å². The van der Waals surface area contributed by atoms with Gasteiger partial charge in [-0.1, -0.05) is 18.5 Å². The summed E-state index contributed by atoms with van der Waals surface area (Å²) in [6.45, 7) is 2.89. The van der Waals surface area contributed by atoms with Crippen LogP contribution in [0.15, 0.2) is 36.5 Å². The SMILES string of the molecule is CCCNc1cc(C(=O)Nc2ccc(I)cc2Cl)ccn1. The van der Waals surface area contributed by atoms with Gasteiger partial charge in [0.05, 0.1) is 10.7 Å². The maximum atomic E-state index is 12.3. The molecule has 0 aliphatic carbocycles. The van der Waals surface area contributed by atoms with Gasteiger partial charge < -0.3 is 10.6 Å². The highest BCUT2D eigenvalue weighted by Gasteiger charge is 2.09. The standard InChI is InChI=1S/C15H15ClIN3O/c1-2-6-18-14-8-10(5-7-19-14)15(21)20-13-4-3-11(17)9-12(13)16/h3-5,7-9H,2,6H2,1H3,(H,18,19)(H,20,21). The van der Waals surface area contributed by atoms with Gasteiger partial charge in [-0.2, -0.15) is 0 Å². The molecule has 110 valence electrons. The first kappa shape index (κ1) is 16.0. The van der Waals surface area contributed by atoms with E-state index in [0.717, 1.165) is 16.5 Å². The second-order valence-corrected chi connectivity index (χ2v) is 6.09.